The number of ether oxygens (including phenoxy) is 2. The van der Waals surface area contributed by atoms with E-state index in [1.54, 1.807) is 7.11 Å². The number of carbonyl (C=O) groups is 1. The van der Waals surface area contributed by atoms with Crippen LogP contribution < -0.4 is 14.8 Å². The van der Waals surface area contributed by atoms with Crippen LogP contribution in [0, 0.1) is 0 Å². The zero-order valence-electron chi connectivity index (χ0n) is 15.7. The largest absolute Gasteiger partial charge is 0.497 e. The second kappa shape index (κ2) is 8.01. The second-order valence-electron chi connectivity index (χ2n) is 7.26. The second-order valence-corrected chi connectivity index (χ2v) is 7.26. The lowest BCUT2D eigenvalue weighted by Gasteiger charge is -2.17. The van der Waals surface area contributed by atoms with Crippen molar-refractivity contribution >= 4 is 5.91 Å². The van der Waals surface area contributed by atoms with Gasteiger partial charge in [0.2, 0.25) is 5.91 Å². The number of methoxy groups -OCH3 is 1. The van der Waals surface area contributed by atoms with Crippen molar-refractivity contribution in [1.29, 1.82) is 0 Å². The summed E-state index contributed by atoms with van der Waals surface area (Å²) in [4.78, 5) is 14.3. The molecule has 0 unspecified atom stereocenters. The first-order valence-corrected chi connectivity index (χ1v) is 9.60. The molecule has 1 fully saturated rings. The normalized spacial score (nSPS) is 18.5. The number of rotatable bonds is 7. The van der Waals surface area contributed by atoms with Gasteiger partial charge in [0.25, 0.3) is 0 Å². The molecule has 1 amide bonds. The van der Waals surface area contributed by atoms with Crippen LogP contribution in [0.3, 0.4) is 0 Å². The van der Waals surface area contributed by atoms with E-state index in [9.17, 15) is 4.79 Å². The van der Waals surface area contributed by atoms with Gasteiger partial charge >= 0.3 is 0 Å². The van der Waals surface area contributed by atoms with E-state index in [0.717, 1.165) is 50.6 Å². The number of carbonyl (C=O) groups excluding carboxylic acids is 1. The van der Waals surface area contributed by atoms with E-state index in [-0.39, 0.29) is 11.9 Å². The minimum atomic E-state index is 0.220. The van der Waals surface area contributed by atoms with Gasteiger partial charge in [-0.3, -0.25) is 4.79 Å². The Labute approximate surface area is 160 Å². The molecule has 2 aliphatic rings. The number of hydrogen-bond donors (Lipinski definition) is 1. The average molecular weight is 366 g/mol. The summed E-state index contributed by atoms with van der Waals surface area (Å²) < 4.78 is 10.7. The molecular formula is C22H26N2O3. The highest BCUT2D eigenvalue weighted by molar-refractivity contribution is 5.79. The van der Waals surface area contributed by atoms with Crippen LogP contribution in [0.4, 0.5) is 0 Å². The molecule has 1 saturated heterocycles. The van der Waals surface area contributed by atoms with Crippen molar-refractivity contribution in [3.63, 3.8) is 0 Å². The predicted molar refractivity (Wildman–Crippen MR) is 104 cm³/mol. The molecule has 0 radical (unpaired) electrons. The number of fused-ring (bicyclic) bond motifs is 1. The molecule has 0 saturated carbocycles. The first kappa shape index (κ1) is 17.9. The summed E-state index contributed by atoms with van der Waals surface area (Å²) in [6, 6.07) is 14.7. The minimum absolute atomic E-state index is 0.220. The molecule has 142 valence electrons. The van der Waals surface area contributed by atoms with Crippen LogP contribution in [-0.4, -0.2) is 43.7 Å². The van der Waals surface area contributed by atoms with Gasteiger partial charge in [-0.1, -0.05) is 24.3 Å². The summed E-state index contributed by atoms with van der Waals surface area (Å²) in [5.41, 5.74) is 3.77. The smallest absolute Gasteiger partial charge is 0.224 e. The Hall–Kier alpha value is -2.53. The molecule has 27 heavy (non-hydrogen) atoms. The van der Waals surface area contributed by atoms with Gasteiger partial charge in [-0.2, -0.15) is 0 Å². The molecule has 2 heterocycles. The quantitative estimate of drug-likeness (QED) is 0.818. The van der Waals surface area contributed by atoms with E-state index < -0.39 is 0 Å². The van der Waals surface area contributed by atoms with Crippen molar-refractivity contribution in [3.05, 3.63) is 59.2 Å². The van der Waals surface area contributed by atoms with Gasteiger partial charge in [0.05, 0.1) is 13.7 Å². The molecule has 2 aliphatic heterocycles. The number of likely N-dealkylation sites (tertiary alicyclic amines) is 1. The molecule has 5 heteroatoms. The topological polar surface area (TPSA) is 50.8 Å². The lowest BCUT2D eigenvalue weighted by molar-refractivity contribution is -0.127. The molecule has 5 nitrogen and oxygen atoms in total. The molecular weight excluding hydrogens is 340 g/mol. The van der Waals surface area contributed by atoms with Gasteiger partial charge in [0, 0.05) is 38.5 Å². The monoisotopic (exact) mass is 366 g/mol. The Morgan fingerprint density at radius 1 is 1.19 bits per heavy atom. The van der Waals surface area contributed by atoms with Crippen LogP contribution >= 0.6 is 0 Å². The van der Waals surface area contributed by atoms with E-state index in [0.29, 0.717) is 6.42 Å². The summed E-state index contributed by atoms with van der Waals surface area (Å²) >= 11 is 0. The third-order valence-electron chi connectivity index (χ3n) is 5.39. The maximum Gasteiger partial charge on any atom is 0.224 e. The molecule has 1 N–H and O–H groups in total. The summed E-state index contributed by atoms with van der Waals surface area (Å²) in [5.74, 6) is 2.11. The van der Waals surface area contributed by atoms with Crippen molar-refractivity contribution in [1.82, 2.24) is 10.2 Å². The van der Waals surface area contributed by atoms with Gasteiger partial charge in [-0.25, -0.2) is 0 Å². The number of nitrogens with one attached hydrogen (secondary N) is 1. The first-order chi connectivity index (χ1) is 13.2. The van der Waals surface area contributed by atoms with Crippen molar-refractivity contribution < 1.29 is 14.3 Å². The van der Waals surface area contributed by atoms with E-state index in [4.69, 9.17) is 9.47 Å². The zero-order valence-corrected chi connectivity index (χ0v) is 15.7. The fourth-order valence-corrected chi connectivity index (χ4v) is 3.79. The molecule has 1 atom stereocenters. The van der Waals surface area contributed by atoms with Gasteiger partial charge in [0.1, 0.15) is 11.5 Å². The van der Waals surface area contributed by atoms with Crippen LogP contribution in [0.5, 0.6) is 11.5 Å². The van der Waals surface area contributed by atoms with Crippen molar-refractivity contribution in [2.45, 2.75) is 31.8 Å². The SMILES string of the molecule is COc1ccc(CCN2C[C@@H](NCc3ccc4c(c3)CCO4)CC2=O)cc1. The average Bonchev–Trinajstić information content (AvgIpc) is 3.30. The van der Waals surface area contributed by atoms with Crippen LogP contribution in [-0.2, 0) is 24.2 Å². The van der Waals surface area contributed by atoms with Crippen molar-refractivity contribution in [3.8, 4) is 11.5 Å². The standard InChI is InChI=1S/C22H26N2O3/c1-26-20-5-2-16(3-6-20)8-10-24-15-19(13-22(24)25)23-14-17-4-7-21-18(12-17)9-11-27-21/h2-7,12,19,23H,8-11,13-15H2,1H3/t19-/m0/s1. The number of amides is 1. The molecule has 0 spiro atoms. The van der Waals surface area contributed by atoms with Gasteiger partial charge in [-0.15, -0.1) is 0 Å². The van der Waals surface area contributed by atoms with E-state index in [1.165, 1.54) is 16.7 Å². The lowest BCUT2D eigenvalue weighted by atomic mass is 10.1. The summed E-state index contributed by atoms with van der Waals surface area (Å²) in [6.45, 7) is 3.12. The van der Waals surface area contributed by atoms with Crippen LogP contribution in [0.1, 0.15) is 23.1 Å². The summed E-state index contributed by atoms with van der Waals surface area (Å²) in [5, 5.41) is 3.54. The molecule has 4 rings (SSSR count). The summed E-state index contributed by atoms with van der Waals surface area (Å²) in [7, 11) is 1.67. The van der Waals surface area contributed by atoms with Gasteiger partial charge < -0.3 is 19.7 Å². The minimum Gasteiger partial charge on any atom is -0.497 e. The highest BCUT2D eigenvalue weighted by atomic mass is 16.5. The number of hydrogen-bond acceptors (Lipinski definition) is 4. The molecule has 0 aromatic heterocycles. The molecule has 2 aromatic carbocycles. The maximum absolute atomic E-state index is 12.3. The lowest BCUT2D eigenvalue weighted by Crippen LogP contribution is -2.33. The van der Waals surface area contributed by atoms with Gasteiger partial charge in [-0.05, 0) is 41.3 Å². The number of nitrogens with zero attached hydrogens (tertiary/aromatic N) is 1. The highest BCUT2D eigenvalue weighted by Crippen LogP contribution is 2.26. The van der Waals surface area contributed by atoms with Crippen LogP contribution in [0.15, 0.2) is 42.5 Å². The Kier molecular flexibility index (Phi) is 5.30. The van der Waals surface area contributed by atoms with Crippen molar-refractivity contribution in [2.75, 3.05) is 26.8 Å². The third kappa shape index (κ3) is 4.25. The Balaban J connectivity index is 1.26. The predicted octanol–water partition coefficient (Wildman–Crippen LogP) is 2.56. The van der Waals surface area contributed by atoms with E-state index >= 15 is 0 Å². The van der Waals surface area contributed by atoms with Crippen LogP contribution in [0.2, 0.25) is 0 Å². The van der Waals surface area contributed by atoms with Crippen LogP contribution in [0.25, 0.3) is 0 Å². The number of benzene rings is 2. The molecule has 0 aliphatic carbocycles. The maximum atomic E-state index is 12.3. The highest BCUT2D eigenvalue weighted by Gasteiger charge is 2.28. The molecule has 2 aromatic rings. The summed E-state index contributed by atoms with van der Waals surface area (Å²) in [6.07, 6.45) is 2.44. The third-order valence-corrected chi connectivity index (χ3v) is 5.39. The Morgan fingerprint density at radius 2 is 2.00 bits per heavy atom. The van der Waals surface area contributed by atoms with E-state index in [2.05, 4.69) is 35.6 Å². The van der Waals surface area contributed by atoms with E-state index in [1.807, 2.05) is 17.0 Å². The Bertz CT molecular complexity index is 804. The fraction of sp³-hybridized carbons (Fsp3) is 0.409. The molecule has 0 bridgehead atoms. The first-order valence-electron chi connectivity index (χ1n) is 9.60. The van der Waals surface area contributed by atoms with Gasteiger partial charge in [0.15, 0.2) is 0 Å². The zero-order chi connectivity index (χ0) is 18.6. The van der Waals surface area contributed by atoms with Crippen molar-refractivity contribution in [2.24, 2.45) is 0 Å². The Morgan fingerprint density at radius 3 is 2.81 bits per heavy atom. The fourth-order valence-electron chi connectivity index (χ4n) is 3.79.